The van der Waals surface area contributed by atoms with Crippen molar-refractivity contribution in [3.63, 3.8) is 0 Å². The van der Waals surface area contributed by atoms with Gasteiger partial charge < -0.3 is 5.11 Å². The summed E-state index contributed by atoms with van der Waals surface area (Å²) in [6.07, 6.45) is 6.22. The number of carbonyl (C=O) groups is 1. The summed E-state index contributed by atoms with van der Waals surface area (Å²) in [5.74, 6) is -0.691. The minimum Gasteiger partial charge on any atom is -0.480 e. The Labute approximate surface area is 114 Å². The molecule has 1 aliphatic heterocycles. The van der Waals surface area contributed by atoms with Gasteiger partial charge in [0.2, 0.25) is 0 Å². The monoisotopic (exact) mass is 265 g/mol. The maximum Gasteiger partial charge on any atom is 0.324 e. The van der Waals surface area contributed by atoms with Gasteiger partial charge in [-0.3, -0.25) is 14.4 Å². The summed E-state index contributed by atoms with van der Waals surface area (Å²) in [5, 5.41) is 13.9. The molecule has 0 saturated carbocycles. The van der Waals surface area contributed by atoms with Crippen LogP contribution in [0.2, 0.25) is 0 Å². The van der Waals surface area contributed by atoms with Gasteiger partial charge in [-0.15, -0.1) is 0 Å². The van der Waals surface area contributed by atoms with Crippen molar-refractivity contribution in [1.29, 1.82) is 0 Å². The first kappa shape index (κ1) is 14.1. The second-order valence-electron chi connectivity index (χ2n) is 5.64. The van der Waals surface area contributed by atoms with Gasteiger partial charge in [-0.25, -0.2) is 0 Å². The number of rotatable bonds is 5. The lowest BCUT2D eigenvalue weighted by molar-refractivity contribution is -0.150. The fraction of sp³-hybridized carbons (Fsp3) is 0.714. The van der Waals surface area contributed by atoms with E-state index in [1.165, 1.54) is 0 Å². The van der Waals surface area contributed by atoms with E-state index in [4.69, 9.17) is 0 Å². The normalized spacial score (nSPS) is 24.2. The van der Waals surface area contributed by atoms with E-state index in [2.05, 4.69) is 23.8 Å². The molecule has 0 amide bonds. The van der Waals surface area contributed by atoms with Crippen molar-refractivity contribution in [2.24, 2.45) is 0 Å². The minimum atomic E-state index is -0.691. The van der Waals surface area contributed by atoms with Crippen molar-refractivity contribution in [2.75, 3.05) is 6.54 Å². The summed E-state index contributed by atoms with van der Waals surface area (Å²) in [6.45, 7) is 7.66. The molecule has 106 valence electrons. The molecule has 1 aliphatic rings. The fourth-order valence-electron chi connectivity index (χ4n) is 2.92. The van der Waals surface area contributed by atoms with Gasteiger partial charge in [0, 0.05) is 24.3 Å². The molecule has 1 fully saturated rings. The van der Waals surface area contributed by atoms with Crippen LogP contribution in [0.4, 0.5) is 0 Å². The van der Waals surface area contributed by atoms with Gasteiger partial charge in [-0.1, -0.05) is 6.92 Å². The molecule has 0 aliphatic carbocycles. The molecule has 1 atom stereocenters. The zero-order valence-electron chi connectivity index (χ0n) is 12.0. The summed E-state index contributed by atoms with van der Waals surface area (Å²) >= 11 is 0. The molecule has 0 bridgehead atoms. The number of carboxylic acids is 1. The van der Waals surface area contributed by atoms with Gasteiger partial charge in [0.1, 0.15) is 5.54 Å². The first-order chi connectivity index (χ1) is 8.99. The highest BCUT2D eigenvalue weighted by atomic mass is 16.4. The molecule has 5 nitrogen and oxygen atoms in total. The van der Waals surface area contributed by atoms with E-state index in [0.717, 1.165) is 24.9 Å². The van der Waals surface area contributed by atoms with Crippen LogP contribution in [0.25, 0.3) is 0 Å². The molecule has 5 heteroatoms. The quantitative estimate of drug-likeness (QED) is 0.887. The molecule has 1 N–H and O–H groups in total. The second-order valence-corrected chi connectivity index (χ2v) is 5.64. The molecular weight excluding hydrogens is 242 g/mol. The number of carboxylic acid groups (broad SMARTS) is 1. The van der Waals surface area contributed by atoms with Crippen LogP contribution in [0, 0.1) is 0 Å². The Bertz CT molecular complexity index is 455. The number of hydrogen-bond acceptors (Lipinski definition) is 3. The van der Waals surface area contributed by atoms with Crippen molar-refractivity contribution < 1.29 is 9.90 Å². The van der Waals surface area contributed by atoms with E-state index in [9.17, 15) is 9.90 Å². The lowest BCUT2D eigenvalue weighted by atomic mass is 9.93. The number of aliphatic carboxylic acids is 1. The Hall–Kier alpha value is -1.36. The second kappa shape index (κ2) is 5.33. The van der Waals surface area contributed by atoms with Crippen LogP contribution >= 0.6 is 0 Å². The highest BCUT2D eigenvalue weighted by Gasteiger charge is 2.45. The van der Waals surface area contributed by atoms with E-state index in [1.807, 2.05) is 24.0 Å². The molecule has 2 heterocycles. The topological polar surface area (TPSA) is 58.4 Å². The van der Waals surface area contributed by atoms with Gasteiger partial charge in [0.05, 0.1) is 6.20 Å². The molecule has 1 aromatic heterocycles. The Kier molecular flexibility index (Phi) is 3.94. The fourth-order valence-corrected chi connectivity index (χ4v) is 2.92. The largest absolute Gasteiger partial charge is 0.480 e. The minimum absolute atomic E-state index is 0.336. The molecule has 2 rings (SSSR count). The average molecular weight is 265 g/mol. The van der Waals surface area contributed by atoms with E-state index < -0.39 is 11.5 Å². The lowest BCUT2D eigenvalue weighted by Gasteiger charge is -2.33. The van der Waals surface area contributed by atoms with E-state index >= 15 is 0 Å². The summed E-state index contributed by atoms with van der Waals surface area (Å²) in [5.41, 5.74) is 0.412. The highest BCUT2D eigenvalue weighted by molar-refractivity contribution is 5.79. The third-order valence-corrected chi connectivity index (χ3v) is 4.16. The first-order valence-electron chi connectivity index (χ1n) is 7.01. The summed E-state index contributed by atoms with van der Waals surface area (Å²) in [4.78, 5) is 13.7. The summed E-state index contributed by atoms with van der Waals surface area (Å²) < 4.78 is 1.92. The van der Waals surface area contributed by atoms with Crippen molar-refractivity contribution in [1.82, 2.24) is 14.7 Å². The van der Waals surface area contributed by atoms with Gasteiger partial charge >= 0.3 is 5.97 Å². The zero-order valence-corrected chi connectivity index (χ0v) is 12.0. The van der Waals surface area contributed by atoms with Crippen LogP contribution in [-0.2, 0) is 11.3 Å². The van der Waals surface area contributed by atoms with Gasteiger partial charge in [0.25, 0.3) is 0 Å². The van der Waals surface area contributed by atoms with Crippen LogP contribution in [0.1, 0.15) is 51.6 Å². The molecule has 1 saturated heterocycles. The van der Waals surface area contributed by atoms with E-state index in [0.29, 0.717) is 19.0 Å². The highest BCUT2D eigenvalue weighted by Crippen LogP contribution is 2.34. The Balaban J connectivity index is 2.14. The molecular formula is C14H23N3O2. The van der Waals surface area contributed by atoms with Gasteiger partial charge in [-0.2, -0.15) is 5.10 Å². The third kappa shape index (κ3) is 2.52. The Morgan fingerprint density at radius 3 is 2.84 bits per heavy atom. The maximum absolute atomic E-state index is 11.6. The number of likely N-dealkylation sites (tertiary alicyclic amines) is 1. The standard InChI is InChI=1S/C14H23N3O2/c1-4-14(13(18)19)6-5-7-16(14)9-12-8-15-17(10-12)11(2)3/h8,10-11H,4-7,9H2,1-3H3,(H,18,19). The zero-order chi connectivity index (χ0) is 14.0. The Morgan fingerprint density at radius 1 is 1.58 bits per heavy atom. The van der Waals surface area contributed by atoms with Crippen molar-refractivity contribution in [3.05, 3.63) is 18.0 Å². The van der Waals surface area contributed by atoms with Crippen LogP contribution in [0.3, 0.4) is 0 Å². The third-order valence-electron chi connectivity index (χ3n) is 4.16. The van der Waals surface area contributed by atoms with Crippen molar-refractivity contribution >= 4 is 5.97 Å². The SMILES string of the molecule is CCC1(C(=O)O)CCCN1Cc1cnn(C(C)C)c1. The van der Waals surface area contributed by atoms with Crippen molar-refractivity contribution in [3.8, 4) is 0 Å². The number of aromatic nitrogens is 2. The van der Waals surface area contributed by atoms with E-state index in [1.54, 1.807) is 0 Å². The molecule has 1 aromatic rings. The van der Waals surface area contributed by atoms with E-state index in [-0.39, 0.29) is 0 Å². The summed E-state index contributed by atoms with van der Waals surface area (Å²) in [6, 6.07) is 0.336. The van der Waals surface area contributed by atoms with Crippen LogP contribution in [0.5, 0.6) is 0 Å². The molecule has 19 heavy (non-hydrogen) atoms. The van der Waals surface area contributed by atoms with Gasteiger partial charge in [0.15, 0.2) is 0 Å². The number of nitrogens with zero attached hydrogens (tertiary/aromatic N) is 3. The van der Waals surface area contributed by atoms with Crippen LogP contribution in [0.15, 0.2) is 12.4 Å². The number of hydrogen-bond donors (Lipinski definition) is 1. The molecule has 1 unspecified atom stereocenters. The molecule has 0 aromatic carbocycles. The van der Waals surface area contributed by atoms with Crippen molar-refractivity contribution in [2.45, 2.75) is 58.2 Å². The Morgan fingerprint density at radius 2 is 2.32 bits per heavy atom. The summed E-state index contributed by atoms with van der Waals surface area (Å²) in [7, 11) is 0. The molecule has 0 radical (unpaired) electrons. The molecule has 0 spiro atoms. The predicted octanol–water partition coefficient (Wildman–Crippen LogP) is 2.29. The first-order valence-corrected chi connectivity index (χ1v) is 7.01. The van der Waals surface area contributed by atoms with Crippen LogP contribution < -0.4 is 0 Å². The smallest absolute Gasteiger partial charge is 0.324 e. The lowest BCUT2D eigenvalue weighted by Crippen LogP contribution is -2.49. The van der Waals surface area contributed by atoms with Gasteiger partial charge in [-0.05, 0) is 39.7 Å². The van der Waals surface area contributed by atoms with Crippen LogP contribution in [-0.4, -0.2) is 37.8 Å². The average Bonchev–Trinajstić information content (AvgIpc) is 2.96. The maximum atomic E-state index is 11.6. The predicted molar refractivity (Wildman–Crippen MR) is 72.9 cm³/mol.